The minimum Gasteiger partial charge on any atom is -0.484 e. The average Bonchev–Trinajstić information content (AvgIpc) is 3.44. The van der Waals surface area contributed by atoms with E-state index in [2.05, 4.69) is 15.5 Å². The molecular formula is C24H20N4O4. The van der Waals surface area contributed by atoms with E-state index in [-0.39, 0.29) is 30.9 Å². The summed E-state index contributed by atoms with van der Waals surface area (Å²) in [4.78, 5) is 26.3. The number of aromatic nitrogens is 2. The highest BCUT2D eigenvalue weighted by Gasteiger charge is 2.35. The summed E-state index contributed by atoms with van der Waals surface area (Å²) in [7, 11) is 0. The number of rotatable bonds is 6. The van der Waals surface area contributed by atoms with Crippen LogP contribution in [0.3, 0.4) is 0 Å². The minimum atomic E-state index is -0.415. The van der Waals surface area contributed by atoms with Crippen LogP contribution in [0.4, 0.5) is 11.7 Å². The number of benzene rings is 3. The highest BCUT2D eigenvalue weighted by atomic mass is 16.5. The molecule has 1 atom stereocenters. The van der Waals surface area contributed by atoms with Crippen LogP contribution in [0.5, 0.6) is 5.75 Å². The Morgan fingerprint density at radius 1 is 1.03 bits per heavy atom. The molecule has 160 valence electrons. The molecule has 1 aliphatic heterocycles. The fraction of sp³-hybridized carbons (Fsp3) is 0.167. The van der Waals surface area contributed by atoms with Crippen molar-refractivity contribution in [1.29, 1.82) is 0 Å². The van der Waals surface area contributed by atoms with Crippen molar-refractivity contribution in [2.75, 3.05) is 23.4 Å². The molecule has 32 heavy (non-hydrogen) atoms. The molecule has 1 aromatic heterocycles. The molecule has 0 spiro atoms. The number of carbonyl (C=O) groups is 2. The van der Waals surface area contributed by atoms with Crippen molar-refractivity contribution in [2.45, 2.75) is 12.3 Å². The highest BCUT2D eigenvalue weighted by molar-refractivity contribution is 5.96. The van der Waals surface area contributed by atoms with Crippen LogP contribution in [0.15, 0.2) is 77.2 Å². The number of para-hydroxylation sites is 1. The van der Waals surface area contributed by atoms with Crippen LogP contribution in [-0.2, 0) is 9.59 Å². The maximum absolute atomic E-state index is 12.4. The lowest BCUT2D eigenvalue weighted by molar-refractivity contribution is -0.118. The fourth-order valence-corrected chi connectivity index (χ4v) is 3.74. The van der Waals surface area contributed by atoms with E-state index in [0.29, 0.717) is 18.2 Å². The molecule has 0 aliphatic carbocycles. The molecule has 2 amide bonds. The molecule has 0 bridgehead atoms. The SMILES string of the molecule is O=C(COc1ccc2ccccc2c1)Nc1nnc(C2CC(=O)N(c3ccccc3)C2)o1. The molecule has 1 aliphatic rings. The van der Waals surface area contributed by atoms with Crippen molar-refractivity contribution in [3.63, 3.8) is 0 Å². The standard InChI is InChI=1S/C24H20N4O4/c29-21(15-31-20-11-10-16-6-4-5-7-17(16)12-20)25-24-27-26-23(32-24)18-13-22(30)28(14-18)19-8-2-1-3-9-19/h1-12,18H,13-15H2,(H,25,27,29). The van der Waals surface area contributed by atoms with Crippen LogP contribution >= 0.6 is 0 Å². The molecule has 1 fully saturated rings. The van der Waals surface area contributed by atoms with E-state index in [1.54, 1.807) is 4.90 Å². The van der Waals surface area contributed by atoms with E-state index in [0.717, 1.165) is 16.5 Å². The Labute approximate surface area is 183 Å². The van der Waals surface area contributed by atoms with Gasteiger partial charge in [0, 0.05) is 18.7 Å². The number of hydrogen-bond acceptors (Lipinski definition) is 6. The van der Waals surface area contributed by atoms with Crippen molar-refractivity contribution in [1.82, 2.24) is 10.2 Å². The normalized spacial score (nSPS) is 15.8. The molecule has 0 radical (unpaired) electrons. The molecule has 3 aromatic carbocycles. The van der Waals surface area contributed by atoms with Crippen LogP contribution in [0, 0.1) is 0 Å². The Morgan fingerprint density at radius 3 is 2.66 bits per heavy atom. The van der Waals surface area contributed by atoms with Crippen LogP contribution in [0.25, 0.3) is 10.8 Å². The first-order chi connectivity index (χ1) is 15.7. The summed E-state index contributed by atoms with van der Waals surface area (Å²) in [5.41, 5.74) is 0.832. The van der Waals surface area contributed by atoms with Crippen molar-refractivity contribution in [3.05, 3.63) is 78.7 Å². The van der Waals surface area contributed by atoms with Gasteiger partial charge in [-0.15, -0.1) is 5.10 Å². The molecule has 5 rings (SSSR count). The highest BCUT2D eigenvalue weighted by Crippen LogP contribution is 2.31. The average molecular weight is 428 g/mol. The van der Waals surface area contributed by atoms with Gasteiger partial charge in [-0.1, -0.05) is 53.6 Å². The second-order valence-corrected chi connectivity index (χ2v) is 7.53. The topological polar surface area (TPSA) is 97.6 Å². The van der Waals surface area contributed by atoms with Gasteiger partial charge in [-0.2, -0.15) is 0 Å². The van der Waals surface area contributed by atoms with E-state index < -0.39 is 5.91 Å². The molecule has 1 unspecified atom stereocenters. The zero-order chi connectivity index (χ0) is 21.9. The van der Waals surface area contributed by atoms with E-state index in [1.165, 1.54) is 0 Å². The van der Waals surface area contributed by atoms with E-state index in [9.17, 15) is 9.59 Å². The quantitative estimate of drug-likeness (QED) is 0.502. The number of amides is 2. The maximum atomic E-state index is 12.4. The Bertz CT molecular complexity index is 1270. The Morgan fingerprint density at radius 2 is 1.81 bits per heavy atom. The summed E-state index contributed by atoms with van der Waals surface area (Å²) >= 11 is 0. The number of fused-ring (bicyclic) bond motifs is 1. The number of anilines is 2. The van der Waals surface area contributed by atoms with Gasteiger partial charge in [0.25, 0.3) is 5.91 Å². The van der Waals surface area contributed by atoms with E-state index in [1.807, 2.05) is 72.8 Å². The summed E-state index contributed by atoms with van der Waals surface area (Å²) in [5.74, 6) is 0.267. The summed E-state index contributed by atoms with van der Waals surface area (Å²) in [5, 5.41) is 12.6. The van der Waals surface area contributed by atoms with Crippen LogP contribution in [0.1, 0.15) is 18.2 Å². The Hall–Kier alpha value is -4.20. The number of hydrogen-bond donors (Lipinski definition) is 1. The molecule has 8 heteroatoms. The molecular weight excluding hydrogens is 408 g/mol. The van der Waals surface area contributed by atoms with Gasteiger partial charge in [0.15, 0.2) is 6.61 Å². The lowest BCUT2D eigenvalue weighted by Gasteiger charge is -2.15. The van der Waals surface area contributed by atoms with Crippen molar-refractivity contribution >= 4 is 34.3 Å². The third-order valence-corrected chi connectivity index (χ3v) is 5.32. The zero-order valence-electron chi connectivity index (χ0n) is 17.1. The number of nitrogens with zero attached hydrogens (tertiary/aromatic N) is 3. The van der Waals surface area contributed by atoms with Crippen LogP contribution in [-0.4, -0.2) is 35.2 Å². The largest absolute Gasteiger partial charge is 0.484 e. The Balaban J connectivity index is 1.18. The summed E-state index contributed by atoms with van der Waals surface area (Å²) in [6, 6.07) is 23.0. The van der Waals surface area contributed by atoms with Crippen LogP contribution in [0.2, 0.25) is 0 Å². The summed E-state index contributed by atoms with van der Waals surface area (Å²) in [6.07, 6.45) is 0.273. The first-order valence-corrected chi connectivity index (χ1v) is 10.3. The van der Waals surface area contributed by atoms with Gasteiger partial charge in [-0.3, -0.25) is 14.9 Å². The minimum absolute atomic E-state index is 0.00577. The van der Waals surface area contributed by atoms with Gasteiger partial charge in [0.05, 0.1) is 5.92 Å². The number of carbonyl (C=O) groups excluding carboxylic acids is 2. The molecule has 1 N–H and O–H groups in total. The first kappa shape index (κ1) is 19.7. The van der Waals surface area contributed by atoms with Crippen molar-refractivity contribution in [3.8, 4) is 5.75 Å². The third kappa shape index (κ3) is 4.15. The predicted octanol–water partition coefficient (Wildman–Crippen LogP) is 3.76. The van der Waals surface area contributed by atoms with Gasteiger partial charge in [0.2, 0.25) is 11.8 Å². The van der Waals surface area contributed by atoms with Crippen LogP contribution < -0.4 is 15.0 Å². The second-order valence-electron chi connectivity index (χ2n) is 7.53. The first-order valence-electron chi connectivity index (χ1n) is 10.3. The fourth-order valence-electron chi connectivity index (χ4n) is 3.74. The third-order valence-electron chi connectivity index (χ3n) is 5.32. The molecule has 2 heterocycles. The van der Waals surface area contributed by atoms with Gasteiger partial charge in [-0.25, -0.2) is 0 Å². The monoisotopic (exact) mass is 428 g/mol. The maximum Gasteiger partial charge on any atom is 0.322 e. The molecule has 4 aromatic rings. The smallest absolute Gasteiger partial charge is 0.322 e. The summed E-state index contributed by atoms with van der Waals surface area (Å²) < 4.78 is 11.2. The van der Waals surface area contributed by atoms with E-state index >= 15 is 0 Å². The van der Waals surface area contributed by atoms with Crippen molar-refractivity contribution < 1.29 is 18.7 Å². The Kier molecular flexibility index (Phi) is 5.25. The zero-order valence-corrected chi connectivity index (χ0v) is 17.1. The number of nitrogens with one attached hydrogen (secondary N) is 1. The predicted molar refractivity (Wildman–Crippen MR) is 119 cm³/mol. The molecule has 8 nitrogen and oxygen atoms in total. The number of ether oxygens (including phenoxy) is 1. The van der Waals surface area contributed by atoms with Gasteiger partial charge < -0.3 is 14.1 Å². The van der Waals surface area contributed by atoms with Crippen molar-refractivity contribution in [2.24, 2.45) is 0 Å². The lowest BCUT2D eigenvalue weighted by atomic mass is 10.1. The second kappa shape index (κ2) is 8.50. The van der Waals surface area contributed by atoms with E-state index in [4.69, 9.17) is 9.15 Å². The van der Waals surface area contributed by atoms with Gasteiger partial charge >= 0.3 is 6.01 Å². The molecule has 0 saturated carbocycles. The lowest BCUT2D eigenvalue weighted by Crippen LogP contribution is -2.24. The van der Waals surface area contributed by atoms with Gasteiger partial charge in [-0.05, 0) is 35.0 Å². The molecule has 1 saturated heterocycles. The van der Waals surface area contributed by atoms with Gasteiger partial charge in [0.1, 0.15) is 5.75 Å². The summed E-state index contributed by atoms with van der Waals surface area (Å²) in [6.45, 7) is 0.253.